The van der Waals surface area contributed by atoms with Gasteiger partial charge in [-0.05, 0) is 43.4 Å². The average molecular weight is 220 g/mol. The lowest BCUT2D eigenvalue weighted by Crippen LogP contribution is -1.96. The van der Waals surface area contributed by atoms with Gasteiger partial charge in [-0.25, -0.2) is 4.39 Å². The Morgan fingerprint density at radius 2 is 2.19 bits per heavy atom. The van der Waals surface area contributed by atoms with E-state index in [2.05, 4.69) is 0 Å². The second kappa shape index (κ2) is 3.32. The van der Waals surface area contributed by atoms with E-state index in [1.165, 1.54) is 6.07 Å². The average Bonchev–Trinajstić information content (AvgIpc) is 3.01. The molecule has 1 aliphatic rings. The predicted octanol–water partition coefficient (Wildman–Crippen LogP) is 3.32. The molecule has 1 unspecified atom stereocenters. The smallest absolute Gasteiger partial charge is 0.170 e. The first-order valence-electron chi connectivity index (χ1n) is 5.53. The molecular formula is C13H13FO2. The number of hydrogen-bond donors (Lipinski definition) is 1. The van der Waals surface area contributed by atoms with Gasteiger partial charge >= 0.3 is 0 Å². The summed E-state index contributed by atoms with van der Waals surface area (Å²) in [5.41, 5.74) is 1.23. The van der Waals surface area contributed by atoms with Gasteiger partial charge in [0.05, 0.1) is 0 Å². The quantitative estimate of drug-likeness (QED) is 0.842. The molecule has 1 heterocycles. The number of aliphatic hydroxyl groups excluding tert-OH is 1. The lowest BCUT2D eigenvalue weighted by Gasteiger charge is -2.03. The number of rotatable bonds is 2. The van der Waals surface area contributed by atoms with Crippen LogP contribution in [-0.4, -0.2) is 5.11 Å². The van der Waals surface area contributed by atoms with Crippen molar-refractivity contribution in [1.82, 2.24) is 0 Å². The number of aliphatic hydroxyl groups is 1. The third kappa shape index (κ3) is 1.43. The third-order valence-corrected chi connectivity index (χ3v) is 3.23. The summed E-state index contributed by atoms with van der Waals surface area (Å²) >= 11 is 0. The molecule has 0 spiro atoms. The summed E-state index contributed by atoms with van der Waals surface area (Å²) < 4.78 is 18.9. The SMILES string of the molecule is Cc1ccc(F)c2oc(C(O)C3CC3)cc12. The Kier molecular flexibility index (Phi) is 2.04. The van der Waals surface area contributed by atoms with Crippen LogP contribution < -0.4 is 0 Å². The van der Waals surface area contributed by atoms with E-state index in [9.17, 15) is 9.50 Å². The first kappa shape index (κ1) is 9.85. The highest BCUT2D eigenvalue weighted by molar-refractivity contribution is 5.82. The zero-order valence-electron chi connectivity index (χ0n) is 9.03. The Balaban J connectivity index is 2.14. The minimum atomic E-state index is -0.578. The Morgan fingerprint density at radius 1 is 1.44 bits per heavy atom. The molecule has 0 amide bonds. The van der Waals surface area contributed by atoms with Crippen molar-refractivity contribution in [3.63, 3.8) is 0 Å². The first-order chi connectivity index (χ1) is 7.66. The van der Waals surface area contributed by atoms with Gasteiger partial charge in [-0.3, -0.25) is 0 Å². The predicted molar refractivity (Wildman–Crippen MR) is 58.6 cm³/mol. The molecule has 2 aromatic rings. The van der Waals surface area contributed by atoms with Crippen LogP contribution in [0.4, 0.5) is 4.39 Å². The van der Waals surface area contributed by atoms with Crippen LogP contribution in [0.3, 0.4) is 0 Å². The van der Waals surface area contributed by atoms with Crippen LogP contribution in [-0.2, 0) is 0 Å². The highest BCUT2D eigenvalue weighted by Gasteiger charge is 2.33. The fourth-order valence-electron chi connectivity index (χ4n) is 2.03. The highest BCUT2D eigenvalue weighted by atomic mass is 19.1. The Bertz CT molecular complexity index is 501. The van der Waals surface area contributed by atoms with Crippen molar-refractivity contribution in [3.05, 3.63) is 35.3 Å². The van der Waals surface area contributed by atoms with E-state index in [0.29, 0.717) is 11.7 Å². The molecule has 16 heavy (non-hydrogen) atoms. The third-order valence-electron chi connectivity index (χ3n) is 3.23. The van der Waals surface area contributed by atoms with Crippen molar-refractivity contribution in [3.8, 4) is 0 Å². The monoisotopic (exact) mass is 220 g/mol. The molecule has 0 radical (unpaired) electrons. The summed E-state index contributed by atoms with van der Waals surface area (Å²) in [7, 11) is 0. The fraction of sp³-hybridized carbons (Fsp3) is 0.385. The minimum absolute atomic E-state index is 0.259. The molecular weight excluding hydrogens is 207 g/mol. The summed E-state index contributed by atoms with van der Waals surface area (Å²) in [6, 6.07) is 4.88. The summed E-state index contributed by atoms with van der Waals surface area (Å²) in [4.78, 5) is 0. The van der Waals surface area contributed by atoms with Gasteiger partial charge in [-0.2, -0.15) is 0 Å². The lowest BCUT2D eigenvalue weighted by atomic mass is 10.1. The number of hydrogen-bond acceptors (Lipinski definition) is 2. The van der Waals surface area contributed by atoms with E-state index in [4.69, 9.17) is 4.42 Å². The molecule has 1 atom stereocenters. The summed E-state index contributed by atoms with van der Waals surface area (Å²) in [6.07, 6.45) is 1.48. The second-order valence-corrected chi connectivity index (χ2v) is 4.54. The number of aryl methyl sites for hydroxylation is 1. The zero-order valence-corrected chi connectivity index (χ0v) is 9.03. The Labute approximate surface area is 92.7 Å². The zero-order chi connectivity index (χ0) is 11.3. The number of halogens is 1. The molecule has 1 fully saturated rings. The van der Waals surface area contributed by atoms with E-state index in [1.807, 2.05) is 6.92 Å². The molecule has 1 saturated carbocycles. The number of benzene rings is 1. The van der Waals surface area contributed by atoms with Gasteiger partial charge in [0.2, 0.25) is 0 Å². The summed E-state index contributed by atoms with van der Waals surface area (Å²) in [5.74, 6) is 0.421. The molecule has 1 aliphatic carbocycles. The summed E-state index contributed by atoms with van der Waals surface area (Å²) in [6.45, 7) is 1.91. The van der Waals surface area contributed by atoms with Crippen LogP contribution in [0.1, 0.15) is 30.3 Å². The molecule has 3 heteroatoms. The molecule has 1 N–H and O–H groups in total. The first-order valence-corrected chi connectivity index (χ1v) is 5.53. The minimum Gasteiger partial charge on any atom is -0.455 e. The van der Waals surface area contributed by atoms with Gasteiger partial charge in [-0.15, -0.1) is 0 Å². The van der Waals surface area contributed by atoms with Crippen LogP contribution in [0.2, 0.25) is 0 Å². The van der Waals surface area contributed by atoms with Gasteiger partial charge in [0.25, 0.3) is 0 Å². The standard InChI is InChI=1S/C13H13FO2/c1-7-2-5-10(14)13-9(7)6-11(16-13)12(15)8-3-4-8/h2,5-6,8,12,15H,3-4H2,1H3. The maximum absolute atomic E-state index is 13.5. The van der Waals surface area contributed by atoms with Gasteiger partial charge < -0.3 is 9.52 Å². The van der Waals surface area contributed by atoms with E-state index >= 15 is 0 Å². The van der Waals surface area contributed by atoms with Crippen molar-refractivity contribution >= 4 is 11.0 Å². The van der Waals surface area contributed by atoms with Crippen LogP contribution in [0, 0.1) is 18.7 Å². The molecule has 3 rings (SSSR count). The highest BCUT2D eigenvalue weighted by Crippen LogP contribution is 2.42. The number of fused-ring (bicyclic) bond motifs is 1. The second-order valence-electron chi connectivity index (χ2n) is 4.54. The molecule has 2 nitrogen and oxygen atoms in total. The Hall–Kier alpha value is -1.35. The van der Waals surface area contributed by atoms with Gasteiger partial charge in [0, 0.05) is 5.39 Å². The molecule has 0 aliphatic heterocycles. The maximum Gasteiger partial charge on any atom is 0.170 e. The van der Waals surface area contributed by atoms with Gasteiger partial charge in [-0.1, -0.05) is 6.07 Å². The topological polar surface area (TPSA) is 33.4 Å². The van der Waals surface area contributed by atoms with Gasteiger partial charge in [0.15, 0.2) is 11.4 Å². The molecule has 0 saturated heterocycles. The van der Waals surface area contributed by atoms with E-state index < -0.39 is 6.10 Å². The molecule has 0 bridgehead atoms. The van der Waals surface area contributed by atoms with Crippen LogP contribution in [0.25, 0.3) is 11.0 Å². The van der Waals surface area contributed by atoms with Crippen molar-refractivity contribution < 1.29 is 13.9 Å². The lowest BCUT2D eigenvalue weighted by molar-refractivity contribution is 0.129. The molecule has 1 aromatic carbocycles. The number of furan rings is 1. The van der Waals surface area contributed by atoms with Gasteiger partial charge in [0.1, 0.15) is 11.9 Å². The van der Waals surface area contributed by atoms with Crippen LogP contribution >= 0.6 is 0 Å². The maximum atomic E-state index is 13.5. The molecule has 1 aromatic heterocycles. The van der Waals surface area contributed by atoms with Crippen molar-refractivity contribution in [1.29, 1.82) is 0 Å². The normalized spacial score (nSPS) is 17.9. The van der Waals surface area contributed by atoms with Crippen LogP contribution in [0.15, 0.2) is 22.6 Å². The van der Waals surface area contributed by atoms with Crippen LogP contribution in [0.5, 0.6) is 0 Å². The van der Waals surface area contributed by atoms with E-state index in [1.54, 1.807) is 12.1 Å². The van der Waals surface area contributed by atoms with E-state index in [-0.39, 0.29) is 11.4 Å². The van der Waals surface area contributed by atoms with Crippen molar-refractivity contribution in [2.24, 2.45) is 5.92 Å². The molecule has 84 valence electrons. The fourth-order valence-corrected chi connectivity index (χ4v) is 2.03. The largest absolute Gasteiger partial charge is 0.455 e. The van der Waals surface area contributed by atoms with Crippen molar-refractivity contribution in [2.45, 2.75) is 25.9 Å². The Morgan fingerprint density at radius 3 is 2.81 bits per heavy atom. The van der Waals surface area contributed by atoms with E-state index in [0.717, 1.165) is 23.8 Å². The summed E-state index contributed by atoms with van der Waals surface area (Å²) in [5, 5.41) is 10.7. The van der Waals surface area contributed by atoms with Crippen molar-refractivity contribution in [2.75, 3.05) is 0 Å².